The molecule has 0 aromatic carbocycles. The van der Waals surface area contributed by atoms with Gasteiger partial charge in [-0.3, -0.25) is 4.90 Å². The molecule has 0 aromatic heterocycles. The van der Waals surface area contributed by atoms with Crippen LogP contribution in [0.25, 0.3) is 0 Å². The molecule has 3 atom stereocenters. The highest BCUT2D eigenvalue weighted by Crippen LogP contribution is 2.32. The standard InChI is InChI=1S/C11H21N/c1-9-7-10(2)12-6-4-3-5-11(12)8-9/h9-11H,3-8H2,1-2H3/t9-,10+,11+/m1/s1. The molecule has 2 aliphatic rings. The van der Waals surface area contributed by atoms with Crippen LogP contribution in [0.3, 0.4) is 0 Å². The van der Waals surface area contributed by atoms with E-state index in [4.69, 9.17) is 0 Å². The maximum atomic E-state index is 2.75. The average molecular weight is 167 g/mol. The van der Waals surface area contributed by atoms with Crippen LogP contribution in [0.1, 0.15) is 46.0 Å². The van der Waals surface area contributed by atoms with Crippen LogP contribution in [0.15, 0.2) is 0 Å². The van der Waals surface area contributed by atoms with Gasteiger partial charge in [-0.15, -0.1) is 0 Å². The van der Waals surface area contributed by atoms with Crippen LogP contribution < -0.4 is 0 Å². The van der Waals surface area contributed by atoms with E-state index in [1.54, 1.807) is 0 Å². The quantitative estimate of drug-likeness (QED) is 0.536. The Morgan fingerprint density at radius 3 is 2.75 bits per heavy atom. The van der Waals surface area contributed by atoms with Crippen molar-refractivity contribution >= 4 is 0 Å². The van der Waals surface area contributed by atoms with E-state index in [2.05, 4.69) is 18.7 Å². The number of rotatable bonds is 0. The van der Waals surface area contributed by atoms with Crippen LogP contribution >= 0.6 is 0 Å². The smallest absolute Gasteiger partial charge is 0.0101 e. The van der Waals surface area contributed by atoms with E-state index in [-0.39, 0.29) is 0 Å². The lowest BCUT2D eigenvalue weighted by Crippen LogP contribution is -2.49. The fraction of sp³-hybridized carbons (Fsp3) is 1.00. The number of hydrogen-bond acceptors (Lipinski definition) is 1. The van der Waals surface area contributed by atoms with Gasteiger partial charge >= 0.3 is 0 Å². The lowest BCUT2D eigenvalue weighted by atomic mass is 9.83. The molecule has 0 spiro atoms. The Hall–Kier alpha value is -0.0400. The second kappa shape index (κ2) is 3.37. The monoisotopic (exact) mass is 167 g/mol. The summed E-state index contributed by atoms with van der Waals surface area (Å²) < 4.78 is 0. The third-order valence-corrected chi connectivity index (χ3v) is 3.66. The topological polar surface area (TPSA) is 3.24 Å². The minimum Gasteiger partial charge on any atom is -0.298 e. The highest BCUT2D eigenvalue weighted by atomic mass is 15.2. The molecule has 1 nitrogen and oxygen atoms in total. The van der Waals surface area contributed by atoms with Gasteiger partial charge < -0.3 is 0 Å². The lowest BCUT2D eigenvalue weighted by molar-refractivity contribution is 0.0382. The molecule has 2 fully saturated rings. The van der Waals surface area contributed by atoms with Gasteiger partial charge in [-0.25, -0.2) is 0 Å². The maximum Gasteiger partial charge on any atom is 0.0101 e. The van der Waals surface area contributed by atoms with Crippen molar-refractivity contribution in [2.45, 2.75) is 58.0 Å². The highest BCUT2D eigenvalue weighted by Gasteiger charge is 2.32. The summed E-state index contributed by atoms with van der Waals surface area (Å²) in [5.74, 6) is 0.972. The van der Waals surface area contributed by atoms with Gasteiger partial charge in [0.1, 0.15) is 0 Å². The van der Waals surface area contributed by atoms with Crippen molar-refractivity contribution in [2.75, 3.05) is 6.54 Å². The van der Waals surface area contributed by atoms with Crippen molar-refractivity contribution in [3.63, 3.8) is 0 Å². The molecule has 0 unspecified atom stereocenters. The van der Waals surface area contributed by atoms with Gasteiger partial charge in [0.05, 0.1) is 0 Å². The minimum absolute atomic E-state index is 0.860. The predicted octanol–water partition coefficient (Wildman–Crippen LogP) is 2.66. The van der Waals surface area contributed by atoms with E-state index < -0.39 is 0 Å². The summed E-state index contributed by atoms with van der Waals surface area (Å²) in [5.41, 5.74) is 0. The molecule has 70 valence electrons. The van der Waals surface area contributed by atoms with Gasteiger partial charge in [0.25, 0.3) is 0 Å². The zero-order valence-electron chi connectivity index (χ0n) is 8.42. The van der Waals surface area contributed by atoms with Gasteiger partial charge in [-0.2, -0.15) is 0 Å². The molecular formula is C11H21N. The summed E-state index contributed by atoms with van der Waals surface area (Å²) in [6, 6.07) is 1.80. The van der Waals surface area contributed by atoms with E-state index in [9.17, 15) is 0 Å². The Labute approximate surface area is 76.1 Å². The first-order valence-corrected chi connectivity index (χ1v) is 5.53. The zero-order valence-corrected chi connectivity index (χ0v) is 8.42. The summed E-state index contributed by atoms with van der Waals surface area (Å²) in [4.78, 5) is 2.75. The maximum absolute atomic E-state index is 2.75. The van der Waals surface area contributed by atoms with Crippen LogP contribution in [0, 0.1) is 5.92 Å². The zero-order chi connectivity index (χ0) is 8.55. The summed E-state index contributed by atoms with van der Waals surface area (Å²) in [7, 11) is 0. The first-order chi connectivity index (χ1) is 5.77. The molecule has 0 saturated carbocycles. The molecule has 0 N–H and O–H groups in total. The van der Waals surface area contributed by atoms with E-state index >= 15 is 0 Å². The van der Waals surface area contributed by atoms with Gasteiger partial charge in [0.2, 0.25) is 0 Å². The van der Waals surface area contributed by atoms with E-state index in [1.807, 2.05) is 0 Å². The molecule has 1 heteroatoms. The molecular weight excluding hydrogens is 146 g/mol. The molecule has 0 aromatic rings. The van der Waals surface area contributed by atoms with E-state index in [1.165, 1.54) is 38.6 Å². The predicted molar refractivity (Wildman–Crippen MR) is 52.2 cm³/mol. The van der Waals surface area contributed by atoms with Crippen molar-refractivity contribution in [1.29, 1.82) is 0 Å². The Morgan fingerprint density at radius 1 is 1.08 bits per heavy atom. The van der Waals surface area contributed by atoms with Gasteiger partial charge in [-0.05, 0) is 45.1 Å². The van der Waals surface area contributed by atoms with Gasteiger partial charge in [0.15, 0.2) is 0 Å². The van der Waals surface area contributed by atoms with Crippen molar-refractivity contribution in [3.8, 4) is 0 Å². The largest absolute Gasteiger partial charge is 0.298 e. The fourth-order valence-electron chi connectivity index (χ4n) is 3.13. The molecule has 0 amide bonds. The number of fused-ring (bicyclic) bond motifs is 1. The summed E-state index contributed by atoms with van der Waals surface area (Å²) in [5, 5.41) is 0. The number of hydrogen-bond donors (Lipinski definition) is 0. The average Bonchev–Trinajstić information content (AvgIpc) is 2.04. The molecule has 2 rings (SSSR count). The molecule has 2 aliphatic heterocycles. The molecule has 2 saturated heterocycles. The Balaban J connectivity index is 2.01. The normalized spacial score (nSPS) is 44.0. The summed E-state index contributed by atoms with van der Waals surface area (Å²) >= 11 is 0. The molecule has 12 heavy (non-hydrogen) atoms. The molecule has 0 aliphatic carbocycles. The molecule has 2 heterocycles. The molecule has 0 bridgehead atoms. The summed E-state index contributed by atoms with van der Waals surface area (Å²) in [6.07, 6.45) is 7.27. The first kappa shape index (κ1) is 8.55. The third kappa shape index (κ3) is 1.52. The van der Waals surface area contributed by atoms with Crippen molar-refractivity contribution in [3.05, 3.63) is 0 Å². The van der Waals surface area contributed by atoms with E-state index in [0.29, 0.717) is 0 Å². The van der Waals surface area contributed by atoms with Gasteiger partial charge in [0, 0.05) is 12.1 Å². The van der Waals surface area contributed by atoms with Gasteiger partial charge in [-0.1, -0.05) is 13.3 Å². The van der Waals surface area contributed by atoms with Crippen LogP contribution in [-0.2, 0) is 0 Å². The van der Waals surface area contributed by atoms with E-state index in [0.717, 1.165) is 18.0 Å². The van der Waals surface area contributed by atoms with Crippen LogP contribution in [0.2, 0.25) is 0 Å². The molecule has 0 radical (unpaired) electrons. The van der Waals surface area contributed by atoms with Crippen LogP contribution in [0.4, 0.5) is 0 Å². The Kier molecular flexibility index (Phi) is 2.40. The highest BCUT2D eigenvalue weighted by molar-refractivity contribution is 4.87. The SMILES string of the molecule is C[C@H]1C[C@@H]2CCCCN2[C@@H](C)C1. The Bertz CT molecular complexity index is 155. The van der Waals surface area contributed by atoms with Crippen molar-refractivity contribution in [2.24, 2.45) is 5.92 Å². The second-order valence-electron chi connectivity index (χ2n) is 4.81. The number of piperidine rings is 2. The number of nitrogens with zero attached hydrogens (tertiary/aromatic N) is 1. The van der Waals surface area contributed by atoms with Crippen molar-refractivity contribution < 1.29 is 0 Å². The minimum atomic E-state index is 0.860. The first-order valence-electron chi connectivity index (χ1n) is 5.53. The van der Waals surface area contributed by atoms with Crippen LogP contribution in [0.5, 0.6) is 0 Å². The second-order valence-corrected chi connectivity index (χ2v) is 4.81. The van der Waals surface area contributed by atoms with Crippen LogP contribution in [-0.4, -0.2) is 23.5 Å². The fourth-order valence-corrected chi connectivity index (χ4v) is 3.13. The Morgan fingerprint density at radius 2 is 1.92 bits per heavy atom. The summed E-state index contributed by atoms with van der Waals surface area (Å²) in [6.45, 7) is 6.20. The third-order valence-electron chi connectivity index (χ3n) is 3.66. The lowest BCUT2D eigenvalue weighted by Gasteiger charge is -2.46. The van der Waals surface area contributed by atoms with Crippen molar-refractivity contribution in [1.82, 2.24) is 4.90 Å².